The summed E-state index contributed by atoms with van der Waals surface area (Å²) in [6.07, 6.45) is 5.07. The van der Waals surface area contributed by atoms with Crippen molar-refractivity contribution in [3.63, 3.8) is 0 Å². The van der Waals surface area contributed by atoms with Crippen LogP contribution in [0.5, 0.6) is 0 Å². The summed E-state index contributed by atoms with van der Waals surface area (Å²) in [5.74, 6) is 0.740. The van der Waals surface area contributed by atoms with Gasteiger partial charge in [0, 0.05) is 6.04 Å². The standard InChI is InChI=1S/C10H16N2O3/c1-5-6(2)11-10(15)12-8(4)7(3)9(13)14/h1,6-8H,2-4H3,(H,13,14)(H2,11,12,15). The number of nitrogens with one attached hydrogen (secondary N) is 2. The molecule has 0 aliphatic rings. The summed E-state index contributed by atoms with van der Waals surface area (Å²) in [6.45, 7) is 4.81. The Morgan fingerprint density at radius 2 is 1.80 bits per heavy atom. The minimum Gasteiger partial charge on any atom is -0.481 e. The molecule has 0 saturated heterocycles. The Morgan fingerprint density at radius 1 is 1.27 bits per heavy atom. The number of carboxylic acids is 1. The molecular formula is C10H16N2O3. The lowest BCUT2D eigenvalue weighted by Crippen LogP contribution is -2.47. The Kier molecular flexibility index (Phi) is 5.24. The van der Waals surface area contributed by atoms with E-state index in [9.17, 15) is 9.59 Å². The van der Waals surface area contributed by atoms with Gasteiger partial charge in [-0.15, -0.1) is 6.42 Å². The lowest BCUT2D eigenvalue weighted by Gasteiger charge is -2.18. The molecule has 0 aliphatic heterocycles. The van der Waals surface area contributed by atoms with Crippen LogP contribution in [0, 0.1) is 18.3 Å². The van der Waals surface area contributed by atoms with E-state index in [0.29, 0.717) is 0 Å². The first-order valence-corrected chi connectivity index (χ1v) is 4.64. The van der Waals surface area contributed by atoms with Crippen molar-refractivity contribution in [2.75, 3.05) is 0 Å². The van der Waals surface area contributed by atoms with E-state index in [1.54, 1.807) is 13.8 Å². The fourth-order valence-electron chi connectivity index (χ4n) is 0.826. The van der Waals surface area contributed by atoms with Gasteiger partial charge >= 0.3 is 12.0 Å². The number of terminal acetylenes is 1. The normalized spacial score (nSPS) is 15.6. The number of rotatable bonds is 4. The summed E-state index contributed by atoms with van der Waals surface area (Å²) in [5.41, 5.74) is 0. The summed E-state index contributed by atoms with van der Waals surface area (Å²) in [6, 6.07) is -1.29. The van der Waals surface area contributed by atoms with Crippen LogP contribution in [0.3, 0.4) is 0 Å². The Bertz CT molecular complexity index is 283. The molecular weight excluding hydrogens is 196 g/mol. The topological polar surface area (TPSA) is 78.4 Å². The van der Waals surface area contributed by atoms with E-state index in [-0.39, 0.29) is 6.04 Å². The smallest absolute Gasteiger partial charge is 0.315 e. The van der Waals surface area contributed by atoms with Gasteiger partial charge in [-0.25, -0.2) is 4.79 Å². The lowest BCUT2D eigenvalue weighted by molar-refractivity contribution is -0.141. The van der Waals surface area contributed by atoms with Crippen molar-refractivity contribution in [2.45, 2.75) is 32.9 Å². The molecule has 0 heterocycles. The number of carbonyl (C=O) groups is 2. The molecule has 0 rings (SSSR count). The van der Waals surface area contributed by atoms with Gasteiger partial charge in [0.05, 0.1) is 12.0 Å². The van der Waals surface area contributed by atoms with Crippen LogP contribution in [0.4, 0.5) is 4.79 Å². The molecule has 0 bridgehead atoms. The third-order valence-corrected chi connectivity index (χ3v) is 2.10. The van der Waals surface area contributed by atoms with Crippen LogP contribution in [0.2, 0.25) is 0 Å². The maximum Gasteiger partial charge on any atom is 0.315 e. The number of carbonyl (C=O) groups excluding carboxylic acids is 1. The third kappa shape index (κ3) is 4.91. The Labute approximate surface area is 89.2 Å². The molecule has 5 heteroatoms. The lowest BCUT2D eigenvalue weighted by atomic mass is 10.0. The van der Waals surface area contributed by atoms with E-state index >= 15 is 0 Å². The third-order valence-electron chi connectivity index (χ3n) is 2.10. The van der Waals surface area contributed by atoms with Crippen molar-refractivity contribution in [2.24, 2.45) is 5.92 Å². The SMILES string of the molecule is C#CC(C)NC(=O)NC(C)C(C)C(=O)O. The van der Waals surface area contributed by atoms with Crippen LogP contribution in [-0.2, 0) is 4.79 Å². The monoisotopic (exact) mass is 212 g/mol. The zero-order valence-electron chi connectivity index (χ0n) is 9.07. The molecule has 0 aromatic heterocycles. The molecule has 5 nitrogen and oxygen atoms in total. The highest BCUT2D eigenvalue weighted by Gasteiger charge is 2.20. The van der Waals surface area contributed by atoms with Gasteiger partial charge in [0.15, 0.2) is 0 Å². The summed E-state index contributed by atoms with van der Waals surface area (Å²) < 4.78 is 0. The van der Waals surface area contributed by atoms with Crippen molar-refractivity contribution in [1.29, 1.82) is 0 Å². The van der Waals surface area contributed by atoms with Gasteiger partial charge in [-0.05, 0) is 20.8 Å². The van der Waals surface area contributed by atoms with E-state index in [0.717, 1.165) is 0 Å². The summed E-state index contributed by atoms with van der Waals surface area (Å²) >= 11 is 0. The summed E-state index contributed by atoms with van der Waals surface area (Å²) in [7, 11) is 0. The van der Waals surface area contributed by atoms with Gasteiger partial charge in [-0.3, -0.25) is 4.79 Å². The highest BCUT2D eigenvalue weighted by molar-refractivity contribution is 5.76. The maximum atomic E-state index is 11.2. The first kappa shape index (κ1) is 13.3. The number of hydrogen-bond donors (Lipinski definition) is 3. The summed E-state index contributed by atoms with van der Waals surface area (Å²) in [5, 5.41) is 13.7. The Morgan fingerprint density at radius 3 is 2.20 bits per heavy atom. The molecule has 0 fully saturated rings. The first-order chi connectivity index (χ1) is 6.88. The minimum absolute atomic E-state index is 0.377. The molecule has 0 aliphatic carbocycles. The van der Waals surface area contributed by atoms with Crippen molar-refractivity contribution in [3.05, 3.63) is 0 Å². The summed E-state index contributed by atoms with van der Waals surface area (Å²) in [4.78, 5) is 21.8. The number of carboxylic acid groups (broad SMARTS) is 1. The molecule has 0 aromatic rings. The fraction of sp³-hybridized carbons (Fsp3) is 0.600. The number of hydrogen-bond acceptors (Lipinski definition) is 2. The molecule has 15 heavy (non-hydrogen) atoms. The average Bonchev–Trinajstić information content (AvgIpc) is 2.15. The molecule has 0 spiro atoms. The molecule has 3 unspecified atom stereocenters. The largest absolute Gasteiger partial charge is 0.481 e. The highest BCUT2D eigenvalue weighted by atomic mass is 16.4. The second-order valence-electron chi connectivity index (χ2n) is 3.42. The van der Waals surface area contributed by atoms with Crippen LogP contribution in [0.25, 0.3) is 0 Å². The van der Waals surface area contributed by atoms with Gasteiger partial charge < -0.3 is 15.7 Å². The van der Waals surface area contributed by atoms with E-state index in [1.165, 1.54) is 6.92 Å². The zero-order valence-corrected chi connectivity index (χ0v) is 9.07. The van der Waals surface area contributed by atoms with E-state index in [4.69, 9.17) is 11.5 Å². The van der Waals surface area contributed by atoms with E-state index in [2.05, 4.69) is 16.6 Å². The number of aliphatic carboxylic acids is 1. The van der Waals surface area contributed by atoms with Crippen molar-refractivity contribution >= 4 is 12.0 Å². The minimum atomic E-state index is -0.951. The van der Waals surface area contributed by atoms with Crippen molar-refractivity contribution < 1.29 is 14.7 Å². The first-order valence-electron chi connectivity index (χ1n) is 4.64. The van der Waals surface area contributed by atoms with Crippen molar-refractivity contribution in [1.82, 2.24) is 10.6 Å². The fourth-order valence-corrected chi connectivity index (χ4v) is 0.826. The van der Waals surface area contributed by atoms with Crippen LogP contribution < -0.4 is 10.6 Å². The molecule has 0 aromatic carbocycles. The molecule has 3 atom stereocenters. The van der Waals surface area contributed by atoms with Gasteiger partial charge in [0.25, 0.3) is 0 Å². The highest BCUT2D eigenvalue weighted by Crippen LogP contribution is 2.01. The maximum absolute atomic E-state index is 11.2. The van der Waals surface area contributed by atoms with Crippen LogP contribution in [0.1, 0.15) is 20.8 Å². The average molecular weight is 212 g/mol. The van der Waals surface area contributed by atoms with Gasteiger partial charge in [0.2, 0.25) is 0 Å². The Hall–Kier alpha value is -1.70. The van der Waals surface area contributed by atoms with E-state index in [1.807, 2.05) is 0 Å². The molecule has 84 valence electrons. The molecule has 2 amide bonds. The molecule has 3 N–H and O–H groups in total. The van der Waals surface area contributed by atoms with Gasteiger partial charge in [-0.1, -0.05) is 5.92 Å². The zero-order chi connectivity index (χ0) is 12.0. The van der Waals surface area contributed by atoms with Crippen LogP contribution in [0.15, 0.2) is 0 Å². The van der Waals surface area contributed by atoms with Crippen LogP contribution >= 0.6 is 0 Å². The second-order valence-corrected chi connectivity index (χ2v) is 3.42. The van der Waals surface area contributed by atoms with E-state index < -0.39 is 24.0 Å². The number of urea groups is 1. The number of amides is 2. The Balaban J connectivity index is 4.08. The van der Waals surface area contributed by atoms with Crippen LogP contribution in [-0.4, -0.2) is 29.2 Å². The predicted octanol–water partition coefficient (Wildman–Crippen LogP) is 0.416. The predicted molar refractivity (Wildman–Crippen MR) is 56.2 cm³/mol. The quantitative estimate of drug-likeness (QED) is 0.591. The molecule has 0 saturated carbocycles. The van der Waals surface area contributed by atoms with Crippen molar-refractivity contribution in [3.8, 4) is 12.3 Å². The molecule has 0 radical (unpaired) electrons. The van der Waals surface area contributed by atoms with Gasteiger partial charge in [-0.2, -0.15) is 0 Å². The van der Waals surface area contributed by atoms with Gasteiger partial charge in [0.1, 0.15) is 0 Å². The second kappa shape index (κ2) is 5.91.